The summed E-state index contributed by atoms with van der Waals surface area (Å²) in [6.07, 6.45) is 0. The molecular weight excluding hydrogens is 264 g/mol. The van der Waals surface area contributed by atoms with Crippen molar-refractivity contribution in [2.24, 2.45) is 0 Å². The van der Waals surface area contributed by atoms with Crippen molar-refractivity contribution in [3.8, 4) is 5.75 Å². The lowest BCUT2D eigenvalue weighted by atomic mass is 10.1. The van der Waals surface area contributed by atoms with Crippen molar-refractivity contribution in [3.63, 3.8) is 0 Å². The number of amides is 1. The van der Waals surface area contributed by atoms with Crippen molar-refractivity contribution in [3.05, 3.63) is 52.5 Å². The molecule has 0 aliphatic carbocycles. The number of hydrogen-bond acceptors (Lipinski definition) is 3. The summed E-state index contributed by atoms with van der Waals surface area (Å²) in [6, 6.07) is 9.58. The van der Waals surface area contributed by atoms with Crippen LogP contribution in [-0.4, -0.2) is 11.0 Å². The van der Waals surface area contributed by atoms with Crippen LogP contribution in [0.1, 0.15) is 15.9 Å². The van der Waals surface area contributed by atoms with E-state index in [0.717, 1.165) is 5.56 Å². The minimum absolute atomic E-state index is 0.127. The second-order valence-corrected chi connectivity index (χ2v) is 4.62. The van der Waals surface area contributed by atoms with Crippen LogP contribution in [0.25, 0.3) is 0 Å². The fourth-order valence-electron chi connectivity index (χ4n) is 1.63. The first-order valence-corrected chi connectivity index (χ1v) is 6.01. The molecule has 19 heavy (non-hydrogen) atoms. The summed E-state index contributed by atoms with van der Waals surface area (Å²) >= 11 is 5.78. The molecule has 0 aliphatic heterocycles. The van der Waals surface area contributed by atoms with Crippen molar-refractivity contribution in [1.29, 1.82) is 0 Å². The molecule has 4 nitrogen and oxygen atoms in total. The van der Waals surface area contributed by atoms with Gasteiger partial charge in [0.25, 0.3) is 5.91 Å². The van der Waals surface area contributed by atoms with Crippen LogP contribution in [0.2, 0.25) is 5.02 Å². The number of nitrogens with one attached hydrogen (secondary N) is 1. The van der Waals surface area contributed by atoms with Crippen LogP contribution >= 0.6 is 11.6 Å². The molecule has 0 saturated carbocycles. The Balaban J connectivity index is 2.23. The molecule has 1 amide bonds. The number of nitrogens with two attached hydrogens (primary N) is 1. The number of phenolic OH excluding ortho intramolecular Hbond substituents is 1. The van der Waals surface area contributed by atoms with Crippen LogP contribution in [-0.2, 0) is 0 Å². The molecule has 0 unspecified atom stereocenters. The van der Waals surface area contributed by atoms with Gasteiger partial charge in [0, 0.05) is 22.5 Å². The number of rotatable bonds is 2. The standard InChI is InChI=1S/C14H13ClN2O2/c1-8-2-4-10(7-13(8)18)17-14(19)11-5-3-9(15)6-12(11)16/h2-7,18H,16H2,1H3,(H,17,19). The second kappa shape index (κ2) is 5.20. The quantitative estimate of drug-likeness (QED) is 0.737. The molecule has 2 aromatic carbocycles. The Morgan fingerprint density at radius 2 is 2.00 bits per heavy atom. The van der Waals surface area contributed by atoms with E-state index in [1.807, 2.05) is 0 Å². The monoisotopic (exact) mass is 276 g/mol. The van der Waals surface area contributed by atoms with E-state index < -0.39 is 0 Å². The summed E-state index contributed by atoms with van der Waals surface area (Å²) in [6.45, 7) is 1.78. The summed E-state index contributed by atoms with van der Waals surface area (Å²) in [5.41, 5.74) is 7.62. The number of halogens is 1. The van der Waals surface area contributed by atoms with Crippen molar-refractivity contribution in [2.75, 3.05) is 11.1 Å². The van der Waals surface area contributed by atoms with E-state index in [2.05, 4.69) is 5.32 Å². The topological polar surface area (TPSA) is 75.4 Å². The normalized spacial score (nSPS) is 10.2. The third-order valence-electron chi connectivity index (χ3n) is 2.73. The van der Waals surface area contributed by atoms with Crippen LogP contribution in [0, 0.1) is 6.92 Å². The molecule has 4 N–H and O–H groups in total. The number of anilines is 2. The van der Waals surface area contributed by atoms with E-state index in [9.17, 15) is 9.90 Å². The molecule has 0 aromatic heterocycles. The highest BCUT2D eigenvalue weighted by Gasteiger charge is 2.10. The summed E-state index contributed by atoms with van der Waals surface area (Å²) in [4.78, 5) is 12.0. The van der Waals surface area contributed by atoms with Gasteiger partial charge in [0.1, 0.15) is 5.75 Å². The lowest BCUT2D eigenvalue weighted by molar-refractivity contribution is 0.102. The number of nitrogen functional groups attached to an aromatic ring is 1. The first-order chi connectivity index (χ1) is 8.97. The molecule has 0 atom stereocenters. The van der Waals surface area contributed by atoms with Gasteiger partial charge in [-0.2, -0.15) is 0 Å². The van der Waals surface area contributed by atoms with Gasteiger partial charge in [-0.1, -0.05) is 17.7 Å². The number of carbonyl (C=O) groups is 1. The number of aromatic hydroxyl groups is 1. The summed E-state index contributed by atoms with van der Waals surface area (Å²) in [7, 11) is 0. The molecule has 2 aromatic rings. The fraction of sp³-hybridized carbons (Fsp3) is 0.0714. The third-order valence-corrected chi connectivity index (χ3v) is 2.96. The van der Waals surface area contributed by atoms with Gasteiger partial charge in [0.2, 0.25) is 0 Å². The Hall–Kier alpha value is -2.20. The van der Waals surface area contributed by atoms with E-state index in [0.29, 0.717) is 22.0 Å². The molecular formula is C14H13ClN2O2. The minimum atomic E-state index is -0.350. The highest BCUT2D eigenvalue weighted by Crippen LogP contribution is 2.23. The summed E-state index contributed by atoms with van der Waals surface area (Å²) in [5, 5.41) is 12.7. The number of hydrogen-bond donors (Lipinski definition) is 3. The number of carbonyl (C=O) groups excluding carboxylic acids is 1. The van der Waals surface area contributed by atoms with E-state index >= 15 is 0 Å². The molecule has 98 valence electrons. The van der Waals surface area contributed by atoms with Gasteiger partial charge < -0.3 is 16.2 Å². The summed E-state index contributed by atoms with van der Waals surface area (Å²) in [5.74, 6) is -0.223. The first-order valence-electron chi connectivity index (χ1n) is 5.63. The Morgan fingerprint density at radius 3 is 2.63 bits per heavy atom. The van der Waals surface area contributed by atoms with Gasteiger partial charge in [-0.15, -0.1) is 0 Å². The van der Waals surface area contributed by atoms with Gasteiger partial charge in [0.15, 0.2) is 0 Å². The first kappa shape index (κ1) is 13.2. The molecule has 5 heteroatoms. The SMILES string of the molecule is Cc1ccc(NC(=O)c2ccc(Cl)cc2N)cc1O. The average molecular weight is 277 g/mol. The van der Waals surface area contributed by atoms with Crippen molar-refractivity contribution in [2.45, 2.75) is 6.92 Å². The maximum absolute atomic E-state index is 12.0. The van der Waals surface area contributed by atoms with Gasteiger partial charge in [-0.3, -0.25) is 4.79 Å². The van der Waals surface area contributed by atoms with Gasteiger partial charge in [0.05, 0.1) is 5.56 Å². The van der Waals surface area contributed by atoms with E-state index in [4.69, 9.17) is 17.3 Å². The van der Waals surface area contributed by atoms with Crippen LogP contribution < -0.4 is 11.1 Å². The molecule has 0 bridgehead atoms. The molecule has 0 heterocycles. The Morgan fingerprint density at radius 1 is 1.26 bits per heavy atom. The maximum Gasteiger partial charge on any atom is 0.257 e. The molecule has 2 rings (SSSR count). The lowest BCUT2D eigenvalue weighted by Crippen LogP contribution is -2.13. The lowest BCUT2D eigenvalue weighted by Gasteiger charge is -2.09. The average Bonchev–Trinajstić information content (AvgIpc) is 2.33. The smallest absolute Gasteiger partial charge is 0.257 e. The minimum Gasteiger partial charge on any atom is -0.508 e. The predicted octanol–water partition coefficient (Wildman–Crippen LogP) is 3.19. The highest BCUT2D eigenvalue weighted by molar-refractivity contribution is 6.31. The van der Waals surface area contributed by atoms with Crippen molar-refractivity contribution < 1.29 is 9.90 Å². The van der Waals surface area contributed by atoms with Gasteiger partial charge in [-0.25, -0.2) is 0 Å². The zero-order valence-electron chi connectivity index (χ0n) is 10.3. The zero-order valence-corrected chi connectivity index (χ0v) is 11.0. The van der Waals surface area contributed by atoms with Gasteiger partial charge >= 0.3 is 0 Å². The number of aryl methyl sites for hydroxylation is 1. The molecule has 0 aliphatic rings. The van der Waals surface area contributed by atoms with Crippen molar-refractivity contribution >= 4 is 28.9 Å². The van der Waals surface area contributed by atoms with E-state index in [1.54, 1.807) is 31.2 Å². The van der Waals surface area contributed by atoms with E-state index in [1.165, 1.54) is 12.1 Å². The molecule has 0 radical (unpaired) electrons. The second-order valence-electron chi connectivity index (χ2n) is 4.19. The molecule has 0 spiro atoms. The zero-order chi connectivity index (χ0) is 14.0. The molecule has 0 fully saturated rings. The third kappa shape index (κ3) is 2.98. The fourth-order valence-corrected chi connectivity index (χ4v) is 1.81. The van der Waals surface area contributed by atoms with Crippen LogP contribution in [0.4, 0.5) is 11.4 Å². The van der Waals surface area contributed by atoms with Crippen molar-refractivity contribution in [1.82, 2.24) is 0 Å². The van der Waals surface area contributed by atoms with Crippen LogP contribution in [0.5, 0.6) is 5.75 Å². The van der Waals surface area contributed by atoms with Crippen LogP contribution in [0.3, 0.4) is 0 Å². The Bertz CT molecular complexity index is 641. The largest absolute Gasteiger partial charge is 0.508 e. The number of benzene rings is 2. The van der Waals surface area contributed by atoms with Gasteiger partial charge in [-0.05, 0) is 36.8 Å². The molecule has 0 saturated heterocycles. The maximum atomic E-state index is 12.0. The predicted molar refractivity (Wildman–Crippen MR) is 76.7 cm³/mol. The number of phenols is 1. The van der Waals surface area contributed by atoms with Crippen LogP contribution in [0.15, 0.2) is 36.4 Å². The highest BCUT2D eigenvalue weighted by atomic mass is 35.5. The Kier molecular flexibility index (Phi) is 3.62. The summed E-state index contributed by atoms with van der Waals surface area (Å²) < 4.78 is 0. The Labute approximate surface area is 115 Å². The van der Waals surface area contributed by atoms with E-state index in [-0.39, 0.29) is 11.7 Å².